The summed E-state index contributed by atoms with van der Waals surface area (Å²) in [5.74, 6) is 0.954. The van der Waals surface area contributed by atoms with E-state index in [0.717, 1.165) is 24.4 Å². The van der Waals surface area contributed by atoms with E-state index in [2.05, 4.69) is 20.8 Å². The molecule has 1 saturated carbocycles. The van der Waals surface area contributed by atoms with Crippen molar-refractivity contribution in [1.82, 2.24) is 20.1 Å². The van der Waals surface area contributed by atoms with Crippen LogP contribution in [0.4, 0.5) is 5.69 Å². The fourth-order valence-electron chi connectivity index (χ4n) is 3.66. The second-order valence-corrected chi connectivity index (χ2v) is 8.44. The monoisotopic (exact) mass is 415 g/mol. The molecule has 0 unspecified atom stereocenters. The van der Waals surface area contributed by atoms with Crippen molar-refractivity contribution < 1.29 is 9.59 Å². The highest BCUT2D eigenvalue weighted by Gasteiger charge is 2.17. The maximum atomic E-state index is 12.5. The zero-order chi connectivity index (χ0) is 20.6. The molecule has 0 spiro atoms. The molecule has 1 heterocycles. The van der Waals surface area contributed by atoms with Crippen LogP contribution in [0.1, 0.15) is 57.7 Å². The number of carbonyl (C=O) groups excluding carboxylic acids is 2. The molecule has 1 fully saturated rings. The fourth-order valence-corrected chi connectivity index (χ4v) is 4.47. The lowest BCUT2D eigenvalue weighted by Gasteiger charge is -2.20. The van der Waals surface area contributed by atoms with Gasteiger partial charge in [-0.3, -0.25) is 14.2 Å². The molecule has 0 atom stereocenters. The van der Waals surface area contributed by atoms with Crippen LogP contribution in [0.3, 0.4) is 0 Å². The van der Waals surface area contributed by atoms with Crippen molar-refractivity contribution in [2.75, 3.05) is 11.1 Å². The number of aryl methyl sites for hydroxylation is 1. The second kappa shape index (κ2) is 10.4. The highest BCUT2D eigenvalue weighted by molar-refractivity contribution is 7.99. The number of rotatable bonds is 6. The van der Waals surface area contributed by atoms with E-state index < -0.39 is 0 Å². The normalized spacial score (nSPS) is 15.4. The van der Waals surface area contributed by atoms with Crippen LogP contribution >= 0.6 is 11.8 Å². The van der Waals surface area contributed by atoms with Crippen LogP contribution in [-0.2, 0) is 9.59 Å². The zero-order valence-corrected chi connectivity index (χ0v) is 17.9. The van der Waals surface area contributed by atoms with E-state index >= 15 is 0 Å². The number of nitrogens with zero attached hydrogens (tertiary/aromatic N) is 3. The van der Waals surface area contributed by atoms with Gasteiger partial charge in [-0.25, -0.2) is 0 Å². The predicted octanol–water partition coefficient (Wildman–Crippen LogP) is 3.86. The van der Waals surface area contributed by atoms with E-state index in [0.29, 0.717) is 16.6 Å². The van der Waals surface area contributed by atoms with Crippen molar-refractivity contribution in [3.63, 3.8) is 0 Å². The number of anilines is 1. The maximum Gasteiger partial charge on any atom is 0.230 e. The molecule has 0 saturated heterocycles. The molecule has 1 aliphatic rings. The standard InChI is InChI=1S/C21H29N5O2S/c1-15-24-25-21(26(15)19-12-8-11-18(13-19)22-16(2)27)29-14-20(28)23-17-9-6-4-3-5-7-10-17/h8,11-13,17H,3-7,9-10,14H2,1-2H3,(H,22,27)(H,23,28). The topological polar surface area (TPSA) is 88.9 Å². The summed E-state index contributed by atoms with van der Waals surface area (Å²) in [6.45, 7) is 3.35. The van der Waals surface area contributed by atoms with E-state index in [1.165, 1.54) is 50.8 Å². The van der Waals surface area contributed by atoms with E-state index in [1.807, 2.05) is 35.8 Å². The highest BCUT2D eigenvalue weighted by atomic mass is 32.2. The van der Waals surface area contributed by atoms with Crippen LogP contribution in [0, 0.1) is 6.92 Å². The van der Waals surface area contributed by atoms with Gasteiger partial charge in [0.15, 0.2) is 5.16 Å². The number of aromatic nitrogens is 3. The minimum absolute atomic E-state index is 0.0415. The second-order valence-electron chi connectivity index (χ2n) is 7.49. The third-order valence-corrected chi connectivity index (χ3v) is 5.95. The molecule has 2 N–H and O–H groups in total. The molecule has 1 aromatic heterocycles. The van der Waals surface area contributed by atoms with Crippen LogP contribution in [-0.4, -0.2) is 38.4 Å². The van der Waals surface area contributed by atoms with Gasteiger partial charge in [0.05, 0.1) is 11.4 Å². The van der Waals surface area contributed by atoms with E-state index in [9.17, 15) is 9.59 Å². The number of hydrogen-bond donors (Lipinski definition) is 2. The number of hydrogen-bond acceptors (Lipinski definition) is 5. The van der Waals surface area contributed by atoms with Gasteiger partial charge in [-0.2, -0.15) is 0 Å². The van der Waals surface area contributed by atoms with Crippen molar-refractivity contribution in [2.24, 2.45) is 0 Å². The van der Waals surface area contributed by atoms with Gasteiger partial charge >= 0.3 is 0 Å². The first kappa shape index (κ1) is 21.4. The van der Waals surface area contributed by atoms with Crippen molar-refractivity contribution in [3.8, 4) is 5.69 Å². The molecule has 0 radical (unpaired) electrons. The first-order valence-electron chi connectivity index (χ1n) is 10.2. The molecule has 1 aromatic carbocycles. The lowest BCUT2D eigenvalue weighted by Crippen LogP contribution is -2.36. The molecule has 8 heteroatoms. The van der Waals surface area contributed by atoms with Crippen molar-refractivity contribution in [2.45, 2.75) is 70.0 Å². The van der Waals surface area contributed by atoms with Gasteiger partial charge in [0.1, 0.15) is 5.82 Å². The third-order valence-electron chi connectivity index (χ3n) is 5.02. The minimum atomic E-state index is -0.122. The number of amides is 2. The van der Waals surface area contributed by atoms with Crippen LogP contribution < -0.4 is 10.6 Å². The Balaban J connectivity index is 1.64. The SMILES string of the molecule is CC(=O)Nc1cccc(-n2c(C)nnc2SCC(=O)NC2CCCCCCC2)c1. The number of nitrogens with one attached hydrogen (secondary N) is 2. The molecule has 0 bridgehead atoms. The first-order chi connectivity index (χ1) is 14.0. The Morgan fingerprint density at radius 3 is 2.59 bits per heavy atom. The smallest absolute Gasteiger partial charge is 0.230 e. The average molecular weight is 416 g/mol. The molecule has 2 amide bonds. The molecule has 3 rings (SSSR count). The summed E-state index contributed by atoms with van der Waals surface area (Å²) in [4.78, 5) is 23.8. The molecular weight excluding hydrogens is 386 g/mol. The van der Waals surface area contributed by atoms with E-state index in [4.69, 9.17) is 0 Å². The maximum absolute atomic E-state index is 12.5. The Labute approximate surface area is 176 Å². The van der Waals surface area contributed by atoms with Gasteiger partial charge in [0.25, 0.3) is 0 Å². The van der Waals surface area contributed by atoms with Gasteiger partial charge in [-0.05, 0) is 38.0 Å². The number of carbonyl (C=O) groups is 2. The van der Waals surface area contributed by atoms with Crippen LogP contribution in [0.2, 0.25) is 0 Å². The van der Waals surface area contributed by atoms with Gasteiger partial charge in [-0.1, -0.05) is 49.9 Å². The Hall–Kier alpha value is -2.35. The summed E-state index contributed by atoms with van der Waals surface area (Å²) in [5, 5.41) is 15.0. The summed E-state index contributed by atoms with van der Waals surface area (Å²) < 4.78 is 1.90. The average Bonchev–Trinajstić information content (AvgIpc) is 3.02. The van der Waals surface area contributed by atoms with Crippen molar-refractivity contribution >= 4 is 29.3 Å². The van der Waals surface area contributed by atoms with E-state index in [-0.39, 0.29) is 17.9 Å². The van der Waals surface area contributed by atoms with E-state index in [1.54, 1.807) is 0 Å². The molecule has 0 aliphatic heterocycles. The van der Waals surface area contributed by atoms with Crippen LogP contribution in [0.25, 0.3) is 5.69 Å². The molecule has 2 aromatic rings. The zero-order valence-electron chi connectivity index (χ0n) is 17.1. The summed E-state index contributed by atoms with van der Waals surface area (Å²) in [6.07, 6.45) is 8.37. The van der Waals surface area contributed by atoms with Crippen LogP contribution in [0.15, 0.2) is 29.4 Å². The highest BCUT2D eigenvalue weighted by Crippen LogP contribution is 2.24. The Morgan fingerprint density at radius 1 is 1.14 bits per heavy atom. The van der Waals surface area contributed by atoms with Crippen LogP contribution in [0.5, 0.6) is 0 Å². The molecule has 7 nitrogen and oxygen atoms in total. The quantitative estimate of drug-likeness (QED) is 0.700. The molecule has 1 aliphatic carbocycles. The number of thioether (sulfide) groups is 1. The van der Waals surface area contributed by atoms with Gasteiger partial charge < -0.3 is 10.6 Å². The molecule has 29 heavy (non-hydrogen) atoms. The predicted molar refractivity (Wildman–Crippen MR) is 115 cm³/mol. The largest absolute Gasteiger partial charge is 0.353 e. The summed E-state index contributed by atoms with van der Waals surface area (Å²) in [5.41, 5.74) is 1.56. The van der Waals surface area contributed by atoms with Crippen molar-refractivity contribution in [1.29, 1.82) is 0 Å². The van der Waals surface area contributed by atoms with Crippen molar-refractivity contribution in [3.05, 3.63) is 30.1 Å². The lowest BCUT2D eigenvalue weighted by atomic mass is 9.97. The summed E-state index contributed by atoms with van der Waals surface area (Å²) in [7, 11) is 0. The summed E-state index contributed by atoms with van der Waals surface area (Å²) in [6, 6.07) is 7.80. The van der Waals surface area contributed by atoms with Gasteiger partial charge in [-0.15, -0.1) is 10.2 Å². The van der Waals surface area contributed by atoms with Gasteiger partial charge in [0.2, 0.25) is 11.8 Å². The molecule has 156 valence electrons. The number of benzene rings is 1. The Morgan fingerprint density at radius 2 is 1.86 bits per heavy atom. The Bertz CT molecular complexity index is 843. The minimum Gasteiger partial charge on any atom is -0.353 e. The summed E-state index contributed by atoms with van der Waals surface area (Å²) >= 11 is 1.38. The Kier molecular flexibility index (Phi) is 7.69. The fraction of sp³-hybridized carbons (Fsp3) is 0.524. The van der Waals surface area contributed by atoms with Gasteiger partial charge in [0, 0.05) is 18.7 Å². The third kappa shape index (κ3) is 6.32. The lowest BCUT2D eigenvalue weighted by molar-refractivity contribution is -0.119. The first-order valence-corrected chi connectivity index (χ1v) is 11.2. The molecular formula is C21H29N5O2S.